The Morgan fingerprint density at radius 2 is 1.69 bits per heavy atom. The molecule has 318 valence electrons. The normalized spacial score (nSPS) is 16.5. The minimum absolute atomic E-state index is 0.1000. The van der Waals surface area contributed by atoms with Gasteiger partial charge in [0.15, 0.2) is 6.23 Å². The molecule has 5 heterocycles. The number of nitrogens with zero attached hydrogens (tertiary/aromatic N) is 8. The van der Waals surface area contributed by atoms with E-state index in [4.69, 9.17) is 9.47 Å². The predicted molar refractivity (Wildman–Crippen MR) is 236 cm³/mol. The summed E-state index contributed by atoms with van der Waals surface area (Å²) in [7, 11) is 3.90. The molecule has 2 fully saturated rings. The van der Waals surface area contributed by atoms with Crippen LogP contribution in [0.2, 0.25) is 0 Å². The van der Waals surface area contributed by atoms with Crippen LogP contribution in [0.5, 0.6) is 0 Å². The van der Waals surface area contributed by atoms with Gasteiger partial charge in [-0.15, -0.1) is 0 Å². The van der Waals surface area contributed by atoms with E-state index >= 15 is 0 Å². The highest BCUT2D eigenvalue weighted by Gasteiger charge is 2.30. The molecular weight excluding hydrogens is 785 g/mol. The maximum Gasteiger partial charge on any atom is 0.270 e. The lowest BCUT2D eigenvalue weighted by Crippen LogP contribution is -2.36. The van der Waals surface area contributed by atoms with Crippen LogP contribution in [0.4, 0.5) is 11.4 Å². The summed E-state index contributed by atoms with van der Waals surface area (Å²) in [6.07, 6.45) is 5.15. The van der Waals surface area contributed by atoms with Gasteiger partial charge in [-0.3, -0.25) is 19.7 Å². The van der Waals surface area contributed by atoms with Gasteiger partial charge in [-0.1, -0.05) is 42.5 Å². The number of rotatable bonds is 8. The Balaban J connectivity index is 0.000000689. The number of nitriles is 1. The van der Waals surface area contributed by atoms with Gasteiger partial charge >= 0.3 is 0 Å². The van der Waals surface area contributed by atoms with Crippen molar-refractivity contribution in [1.29, 1.82) is 5.26 Å². The zero-order valence-electron chi connectivity index (χ0n) is 35.3. The molecule has 9 rings (SSSR count). The summed E-state index contributed by atoms with van der Waals surface area (Å²) in [5.41, 5.74) is 6.78. The Labute approximate surface area is 360 Å². The average Bonchev–Trinajstić information content (AvgIpc) is 3.87. The maximum absolute atomic E-state index is 15.0. The number of carbonyl (C=O) groups is 2. The molecular formula is C48H50N8O6. The van der Waals surface area contributed by atoms with Crippen molar-refractivity contribution in [2.24, 2.45) is 7.05 Å². The van der Waals surface area contributed by atoms with E-state index < -0.39 is 4.92 Å². The van der Waals surface area contributed by atoms with E-state index in [2.05, 4.69) is 29.2 Å². The molecule has 0 bridgehead atoms. The first-order valence-corrected chi connectivity index (χ1v) is 21.1. The van der Waals surface area contributed by atoms with Crippen LogP contribution in [0.15, 0.2) is 97.2 Å². The molecule has 1 unspecified atom stereocenters. The van der Waals surface area contributed by atoms with Gasteiger partial charge in [-0.2, -0.15) is 10.4 Å². The molecule has 62 heavy (non-hydrogen) atoms. The zero-order valence-corrected chi connectivity index (χ0v) is 35.3. The second-order valence-electron chi connectivity index (χ2n) is 16.0. The van der Waals surface area contributed by atoms with E-state index in [9.17, 15) is 25.0 Å². The first-order valence-electron chi connectivity index (χ1n) is 21.1. The molecule has 0 N–H and O–H groups in total. The molecule has 0 radical (unpaired) electrons. The zero-order chi connectivity index (χ0) is 43.3. The molecule has 0 saturated carbocycles. The summed E-state index contributed by atoms with van der Waals surface area (Å²) in [5, 5.41) is 27.6. The smallest absolute Gasteiger partial charge is 0.270 e. The van der Waals surface area contributed by atoms with Crippen LogP contribution in [0, 0.1) is 28.4 Å². The number of fused-ring (bicyclic) bond motifs is 2. The number of morpholine rings is 1. The fourth-order valence-corrected chi connectivity index (χ4v) is 8.42. The van der Waals surface area contributed by atoms with Gasteiger partial charge in [0.1, 0.15) is 0 Å². The Hall–Kier alpha value is -6.66. The van der Waals surface area contributed by atoms with Crippen LogP contribution in [0.3, 0.4) is 0 Å². The topological polar surface area (TPSA) is 152 Å². The van der Waals surface area contributed by atoms with Crippen LogP contribution in [-0.2, 0) is 36.0 Å². The van der Waals surface area contributed by atoms with E-state index in [-0.39, 0.29) is 30.3 Å². The second-order valence-corrected chi connectivity index (χ2v) is 16.0. The SMILES string of the molecule is CN1CCOCC1.Cc1c(C(=O)N(Cc2ccccc2C#N)c2ccc3cnn(C4CCCCO4)c3c2)cc(-c2cc([N+](=O)[O-])ccc2C(=O)N2CCc3ccccc3C2)n1C. The van der Waals surface area contributed by atoms with Crippen molar-refractivity contribution in [2.45, 2.75) is 51.9 Å². The largest absolute Gasteiger partial charge is 0.379 e. The van der Waals surface area contributed by atoms with Crippen molar-refractivity contribution < 1.29 is 24.0 Å². The van der Waals surface area contributed by atoms with E-state index in [0.29, 0.717) is 71.0 Å². The molecule has 0 spiro atoms. The summed E-state index contributed by atoms with van der Waals surface area (Å²) >= 11 is 0. The van der Waals surface area contributed by atoms with Crippen LogP contribution < -0.4 is 4.90 Å². The van der Waals surface area contributed by atoms with Gasteiger partial charge in [-0.05, 0) is 92.7 Å². The number of benzene rings is 4. The molecule has 14 nitrogen and oxygen atoms in total. The minimum Gasteiger partial charge on any atom is -0.379 e. The number of hydrogen-bond donors (Lipinski definition) is 0. The van der Waals surface area contributed by atoms with Crippen molar-refractivity contribution in [2.75, 3.05) is 51.4 Å². The number of hydrogen-bond acceptors (Lipinski definition) is 9. The summed E-state index contributed by atoms with van der Waals surface area (Å²) in [4.78, 5) is 46.5. The number of likely N-dealkylation sites (N-methyl/N-ethyl adjacent to an activating group) is 1. The molecule has 2 saturated heterocycles. The van der Waals surface area contributed by atoms with Crippen molar-refractivity contribution in [1.82, 2.24) is 24.1 Å². The lowest BCUT2D eigenvalue weighted by Gasteiger charge is -2.29. The lowest BCUT2D eigenvalue weighted by atomic mass is 9.97. The van der Waals surface area contributed by atoms with Gasteiger partial charge in [-0.25, -0.2) is 4.68 Å². The third-order valence-corrected chi connectivity index (χ3v) is 12.2. The Morgan fingerprint density at radius 1 is 0.919 bits per heavy atom. The fraction of sp³-hybridized carbons (Fsp3) is 0.333. The van der Waals surface area contributed by atoms with Crippen molar-refractivity contribution in [3.63, 3.8) is 0 Å². The molecule has 14 heteroatoms. The highest BCUT2D eigenvalue weighted by Crippen LogP contribution is 2.35. The molecule has 2 amide bonds. The molecule has 6 aromatic rings. The van der Waals surface area contributed by atoms with Crippen molar-refractivity contribution >= 4 is 34.1 Å². The Bertz CT molecular complexity index is 2670. The van der Waals surface area contributed by atoms with Crippen molar-refractivity contribution in [3.8, 4) is 17.3 Å². The van der Waals surface area contributed by atoms with Crippen LogP contribution in [0.1, 0.15) is 74.2 Å². The number of ether oxygens (including phenoxy) is 2. The number of non-ortho nitro benzene ring substituents is 1. The molecule has 1 atom stereocenters. The van der Waals surface area contributed by atoms with Crippen LogP contribution in [0.25, 0.3) is 22.2 Å². The first-order chi connectivity index (χ1) is 30.1. The molecule has 3 aliphatic heterocycles. The summed E-state index contributed by atoms with van der Waals surface area (Å²) in [6.45, 7) is 7.53. The number of anilines is 1. The lowest BCUT2D eigenvalue weighted by molar-refractivity contribution is -0.384. The van der Waals surface area contributed by atoms with Crippen molar-refractivity contribution in [3.05, 3.63) is 146 Å². The van der Waals surface area contributed by atoms with Gasteiger partial charge in [0.05, 0.1) is 53.6 Å². The van der Waals surface area contributed by atoms with Gasteiger partial charge < -0.3 is 28.7 Å². The van der Waals surface area contributed by atoms with E-state index in [1.807, 2.05) is 60.1 Å². The Kier molecular flexibility index (Phi) is 12.6. The highest BCUT2D eigenvalue weighted by atomic mass is 16.6. The van der Waals surface area contributed by atoms with Crippen LogP contribution >= 0.6 is 0 Å². The number of aromatic nitrogens is 3. The molecule has 0 aliphatic carbocycles. The summed E-state index contributed by atoms with van der Waals surface area (Å²) in [5.74, 6) is -0.579. The van der Waals surface area contributed by atoms with Gasteiger partial charge in [0, 0.05) is 85.6 Å². The number of nitro groups is 1. The molecule has 2 aromatic heterocycles. The predicted octanol–water partition coefficient (Wildman–Crippen LogP) is 7.82. The third-order valence-electron chi connectivity index (χ3n) is 12.2. The number of amides is 2. The number of nitro benzene ring substituents is 1. The summed E-state index contributed by atoms with van der Waals surface area (Å²) in [6, 6.07) is 29.2. The van der Waals surface area contributed by atoms with Crippen LogP contribution in [-0.4, -0.2) is 87.4 Å². The van der Waals surface area contributed by atoms with Gasteiger partial charge in [0.2, 0.25) is 0 Å². The van der Waals surface area contributed by atoms with E-state index in [1.165, 1.54) is 23.8 Å². The highest BCUT2D eigenvalue weighted by molar-refractivity contribution is 6.09. The molecule has 3 aliphatic rings. The first kappa shape index (κ1) is 42.0. The van der Waals surface area contributed by atoms with Gasteiger partial charge in [0.25, 0.3) is 17.5 Å². The maximum atomic E-state index is 15.0. The second kappa shape index (κ2) is 18.5. The number of carbonyl (C=O) groups excluding carboxylic acids is 2. The monoisotopic (exact) mass is 834 g/mol. The minimum atomic E-state index is -0.482. The quantitative estimate of drug-likeness (QED) is 0.110. The Morgan fingerprint density at radius 3 is 2.42 bits per heavy atom. The van der Waals surface area contributed by atoms with E-state index in [0.717, 1.165) is 62.0 Å². The molecule has 4 aromatic carbocycles. The standard InChI is InChI=1S/C43H39N7O5.C5H11NO/c1-28-37(23-40(46(28)2)38-21-35(50(53)54)16-17-36(38)42(51)47-19-18-29-9-3-5-11-32(29)26-47)43(52)48(27-33-12-6-4-10-30(33)24-44)34-15-14-31-25-45-49(39(31)22-34)41-13-7-8-20-55-41;1-6-2-4-7-5-3-6/h3-6,9-12,14-17,21-23,25,41H,7-8,13,18-20,26-27H2,1-2H3;2-5H2,1H3. The third kappa shape index (κ3) is 8.73. The average molecular weight is 835 g/mol. The van der Waals surface area contributed by atoms with E-state index in [1.54, 1.807) is 45.8 Å². The fourth-order valence-electron chi connectivity index (χ4n) is 8.42. The summed E-state index contributed by atoms with van der Waals surface area (Å²) < 4.78 is 14.8.